The molecule has 0 aliphatic carbocycles. The fraction of sp³-hybridized carbons (Fsp3) is 0.929. The van der Waals surface area contributed by atoms with E-state index in [1.807, 2.05) is 4.90 Å². The summed E-state index contributed by atoms with van der Waals surface area (Å²) >= 11 is 0. The highest BCUT2D eigenvalue weighted by molar-refractivity contribution is 5.76. The number of rotatable bonds is 4. The quantitative estimate of drug-likeness (QED) is 0.757. The maximum Gasteiger partial charge on any atom is 0.223 e. The number of carbonyl (C=O) groups excluding carboxylic acids is 1. The Bertz CT molecular complexity index is 237. The molecule has 0 radical (unpaired) electrons. The Hall–Kier alpha value is -0.570. The highest BCUT2D eigenvalue weighted by Crippen LogP contribution is 2.24. The van der Waals surface area contributed by atoms with Gasteiger partial charge in [0.1, 0.15) is 0 Å². The molecule has 1 amide bonds. The van der Waals surface area contributed by atoms with Gasteiger partial charge in [0.2, 0.25) is 5.91 Å². The van der Waals surface area contributed by atoms with Gasteiger partial charge in [-0.3, -0.25) is 4.79 Å². The Kier molecular flexibility index (Phi) is 5.44. The smallest absolute Gasteiger partial charge is 0.223 e. The summed E-state index contributed by atoms with van der Waals surface area (Å²) in [6, 6.07) is 0. The van der Waals surface area contributed by atoms with Gasteiger partial charge in [-0.05, 0) is 30.6 Å². The Labute approximate surface area is 106 Å². The van der Waals surface area contributed by atoms with Gasteiger partial charge in [0, 0.05) is 33.2 Å². The lowest BCUT2D eigenvalue weighted by Crippen LogP contribution is -2.40. The third-order valence-corrected chi connectivity index (χ3v) is 3.38. The number of nitrogens with zero attached hydrogens (tertiary/aromatic N) is 1. The first-order chi connectivity index (χ1) is 7.92. The van der Waals surface area contributed by atoms with E-state index in [4.69, 9.17) is 4.74 Å². The molecule has 1 saturated heterocycles. The molecule has 0 N–H and O–H groups in total. The van der Waals surface area contributed by atoms with Crippen molar-refractivity contribution in [3.63, 3.8) is 0 Å². The van der Waals surface area contributed by atoms with Crippen LogP contribution >= 0.6 is 0 Å². The summed E-state index contributed by atoms with van der Waals surface area (Å²) in [7, 11) is 1.75. The van der Waals surface area contributed by atoms with Gasteiger partial charge in [-0.1, -0.05) is 20.8 Å². The van der Waals surface area contributed by atoms with Crippen LogP contribution in [0.15, 0.2) is 0 Å². The number of likely N-dealkylation sites (tertiary alicyclic amines) is 1. The van der Waals surface area contributed by atoms with Crippen LogP contribution in [0.3, 0.4) is 0 Å². The number of hydrogen-bond donors (Lipinski definition) is 0. The van der Waals surface area contributed by atoms with Gasteiger partial charge < -0.3 is 9.64 Å². The summed E-state index contributed by atoms with van der Waals surface area (Å²) in [5.41, 5.74) is 0.101. The van der Waals surface area contributed by atoms with Crippen LogP contribution in [-0.2, 0) is 9.53 Å². The largest absolute Gasteiger partial charge is 0.385 e. The molecule has 1 heterocycles. The number of piperidine rings is 1. The van der Waals surface area contributed by atoms with Crippen molar-refractivity contribution in [2.45, 2.75) is 46.5 Å². The van der Waals surface area contributed by atoms with Crippen molar-refractivity contribution < 1.29 is 9.53 Å². The maximum absolute atomic E-state index is 12.0. The Balaban J connectivity index is 2.29. The number of amides is 1. The monoisotopic (exact) mass is 241 g/mol. The number of methoxy groups -OCH3 is 1. The summed E-state index contributed by atoms with van der Waals surface area (Å²) < 4.78 is 5.10. The van der Waals surface area contributed by atoms with Crippen molar-refractivity contribution >= 4 is 5.91 Å². The molecule has 1 fully saturated rings. The molecule has 0 aromatic heterocycles. The van der Waals surface area contributed by atoms with Gasteiger partial charge >= 0.3 is 0 Å². The third-order valence-electron chi connectivity index (χ3n) is 3.38. The lowest BCUT2D eigenvalue weighted by Gasteiger charge is -2.33. The van der Waals surface area contributed by atoms with Gasteiger partial charge in [0.15, 0.2) is 0 Å². The predicted molar refractivity (Wildman–Crippen MR) is 69.9 cm³/mol. The van der Waals surface area contributed by atoms with Crippen LogP contribution in [-0.4, -0.2) is 37.6 Å². The van der Waals surface area contributed by atoms with Crippen molar-refractivity contribution in [1.82, 2.24) is 4.90 Å². The molecule has 0 bridgehead atoms. The van der Waals surface area contributed by atoms with E-state index in [2.05, 4.69) is 20.8 Å². The summed E-state index contributed by atoms with van der Waals surface area (Å²) in [5, 5.41) is 0. The number of ether oxygens (including phenoxy) is 1. The molecule has 3 nitrogen and oxygen atoms in total. The van der Waals surface area contributed by atoms with Crippen LogP contribution in [0.4, 0.5) is 0 Å². The molecule has 1 rings (SSSR count). The zero-order valence-corrected chi connectivity index (χ0v) is 11.8. The molecule has 3 heteroatoms. The molecule has 1 aliphatic heterocycles. The van der Waals surface area contributed by atoms with Crippen molar-refractivity contribution in [1.29, 1.82) is 0 Å². The molecule has 0 aromatic carbocycles. The summed E-state index contributed by atoms with van der Waals surface area (Å²) in [4.78, 5) is 14.1. The molecule has 0 atom stereocenters. The molecular weight excluding hydrogens is 214 g/mol. The Morgan fingerprint density at radius 3 is 2.35 bits per heavy atom. The van der Waals surface area contributed by atoms with E-state index in [0.29, 0.717) is 12.3 Å². The van der Waals surface area contributed by atoms with Crippen LogP contribution < -0.4 is 0 Å². The lowest BCUT2D eigenvalue weighted by atomic mass is 9.90. The first kappa shape index (κ1) is 14.5. The zero-order valence-electron chi connectivity index (χ0n) is 11.8. The van der Waals surface area contributed by atoms with E-state index in [-0.39, 0.29) is 5.41 Å². The second kappa shape index (κ2) is 6.39. The molecular formula is C14H27NO2. The van der Waals surface area contributed by atoms with Crippen molar-refractivity contribution in [2.75, 3.05) is 26.8 Å². The fourth-order valence-corrected chi connectivity index (χ4v) is 2.32. The molecule has 0 aromatic rings. The van der Waals surface area contributed by atoms with Crippen molar-refractivity contribution in [3.05, 3.63) is 0 Å². The van der Waals surface area contributed by atoms with E-state index < -0.39 is 0 Å². The summed E-state index contributed by atoms with van der Waals surface area (Å²) in [6.07, 6.45) is 4.08. The van der Waals surface area contributed by atoms with E-state index in [0.717, 1.165) is 44.9 Å². The second-order valence-corrected chi connectivity index (χ2v) is 6.34. The van der Waals surface area contributed by atoms with Crippen LogP contribution in [0.1, 0.15) is 46.5 Å². The molecule has 100 valence electrons. The first-order valence-electron chi connectivity index (χ1n) is 6.69. The van der Waals surface area contributed by atoms with Crippen molar-refractivity contribution in [2.24, 2.45) is 11.3 Å². The molecule has 1 aliphatic rings. The maximum atomic E-state index is 12.0. The van der Waals surface area contributed by atoms with Crippen molar-refractivity contribution in [3.8, 4) is 0 Å². The van der Waals surface area contributed by atoms with Gasteiger partial charge in [-0.25, -0.2) is 0 Å². The first-order valence-corrected chi connectivity index (χ1v) is 6.69. The Morgan fingerprint density at radius 1 is 1.29 bits per heavy atom. The van der Waals surface area contributed by atoms with Crippen LogP contribution in [0.25, 0.3) is 0 Å². The number of carbonyl (C=O) groups is 1. The SMILES string of the molecule is COCCC1CCN(C(=O)CC(C)(C)C)CC1. The zero-order chi connectivity index (χ0) is 12.9. The summed E-state index contributed by atoms with van der Waals surface area (Å²) in [5.74, 6) is 1.07. The van der Waals surface area contributed by atoms with Crippen LogP contribution in [0.2, 0.25) is 0 Å². The predicted octanol–water partition coefficient (Wildman–Crippen LogP) is 2.70. The average Bonchev–Trinajstić information content (AvgIpc) is 2.24. The third kappa shape index (κ3) is 5.53. The van der Waals surface area contributed by atoms with Crippen LogP contribution in [0, 0.1) is 11.3 Å². The molecule has 0 saturated carbocycles. The minimum absolute atomic E-state index is 0.101. The lowest BCUT2D eigenvalue weighted by molar-refractivity contribution is -0.134. The number of hydrogen-bond acceptors (Lipinski definition) is 2. The normalized spacial score (nSPS) is 18.5. The highest BCUT2D eigenvalue weighted by atomic mass is 16.5. The van der Waals surface area contributed by atoms with E-state index in [1.54, 1.807) is 7.11 Å². The van der Waals surface area contributed by atoms with Gasteiger partial charge in [0.25, 0.3) is 0 Å². The fourth-order valence-electron chi connectivity index (χ4n) is 2.32. The molecule has 0 spiro atoms. The summed E-state index contributed by atoms with van der Waals surface area (Å²) in [6.45, 7) is 9.08. The van der Waals surface area contributed by atoms with E-state index in [1.165, 1.54) is 0 Å². The minimum Gasteiger partial charge on any atom is -0.385 e. The molecule has 17 heavy (non-hydrogen) atoms. The Morgan fingerprint density at radius 2 is 1.88 bits per heavy atom. The van der Waals surface area contributed by atoms with Crippen LogP contribution in [0.5, 0.6) is 0 Å². The van der Waals surface area contributed by atoms with Gasteiger partial charge in [0.05, 0.1) is 0 Å². The van der Waals surface area contributed by atoms with E-state index >= 15 is 0 Å². The average molecular weight is 241 g/mol. The highest BCUT2D eigenvalue weighted by Gasteiger charge is 2.25. The standard InChI is InChI=1S/C14H27NO2/c1-14(2,3)11-13(16)15-8-5-12(6-9-15)7-10-17-4/h12H,5-11H2,1-4H3. The second-order valence-electron chi connectivity index (χ2n) is 6.34. The van der Waals surface area contributed by atoms with E-state index in [9.17, 15) is 4.79 Å². The topological polar surface area (TPSA) is 29.5 Å². The molecule has 0 unspecified atom stereocenters. The van der Waals surface area contributed by atoms with Gasteiger partial charge in [-0.2, -0.15) is 0 Å². The van der Waals surface area contributed by atoms with Gasteiger partial charge in [-0.15, -0.1) is 0 Å². The minimum atomic E-state index is 0.101.